The number of carbonyl (C=O) groups is 2. The molecule has 0 radical (unpaired) electrons. The van der Waals surface area contributed by atoms with Gasteiger partial charge in [0.25, 0.3) is 0 Å². The van der Waals surface area contributed by atoms with Crippen LogP contribution in [0.25, 0.3) is 0 Å². The molecule has 3 N–H and O–H groups in total. The Hall–Kier alpha value is -1.59. The number of methoxy groups -OCH3 is 1. The highest BCUT2D eigenvalue weighted by atomic mass is 35.5. The average Bonchev–Trinajstić information content (AvgIpc) is 2.57. The fraction of sp³-hybridized carbons (Fsp3) is 0.529. The van der Waals surface area contributed by atoms with E-state index >= 15 is 0 Å². The van der Waals surface area contributed by atoms with Crippen LogP contribution in [0, 0.1) is 0 Å². The van der Waals surface area contributed by atoms with Gasteiger partial charge in [0.05, 0.1) is 12.6 Å². The molecular formula is C17H27ClN2O3. The van der Waals surface area contributed by atoms with Crippen LogP contribution in [0.5, 0.6) is 5.75 Å². The van der Waals surface area contributed by atoms with E-state index in [1.54, 1.807) is 31.4 Å². The summed E-state index contributed by atoms with van der Waals surface area (Å²) in [6.07, 6.45) is 1.91. The van der Waals surface area contributed by atoms with E-state index in [9.17, 15) is 9.59 Å². The van der Waals surface area contributed by atoms with Crippen molar-refractivity contribution in [2.45, 2.75) is 45.1 Å². The van der Waals surface area contributed by atoms with Gasteiger partial charge in [-0.05, 0) is 37.1 Å². The Morgan fingerprint density at radius 2 is 1.70 bits per heavy atom. The molecule has 0 aliphatic rings. The SMILES string of the molecule is CCC(CC)(CN)NC(=O)CCC(=O)c1ccc(OC)cc1.Cl. The van der Waals surface area contributed by atoms with E-state index in [0.717, 1.165) is 12.8 Å². The summed E-state index contributed by atoms with van der Waals surface area (Å²) in [5, 5.41) is 2.97. The van der Waals surface area contributed by atoms with E-state index in [1.165, 1.54) is 0 Å². The van der Waals surface area contributed by atoms with E-state index in [1.807, 2.05) is 13.8 Å². The number of nitrogens with two attached hydrogens (primary N) is 1. The smallest absolute Gasteiger partial charge is 0.220 e. The number of amides is 1. The van der Waals surface area contributed by atoms with Crippen LogP contribution in [-0.2, 0) is 4.79 Å². The lowest BCUT2D eigenvalue weighted by molar-refractivity contribution is -0.123. The minimum absolute atomic E-state index is 0. The fourth-order valence-electron chi connectivity index (χ4n) is 2.27. The number of benzene rings is 1. The summed E-state index contributed by atoms with van der Waals surface area (Å²) in [5.41, 5.74) is 5.98. The number of hydrogen-bond acceptors (Lipinski definition) is 4. The number of ketones is 1. The summed E-state index contributed by atoms with van der Waals surface area (Å²) >= 11 is 0. The van der Waals surface area contributed by atoms with Crippen molar-refractivity contribution in [3.63, 3.8) is 0 Å². The van der Waals surface area contributed by atoms with Crippen molar-refractivity contribution >= 4 is 24.1 Å². The Kier molecular flexibility index (Phi) is 9.53. The van der Waals surface area contributed by atoms with Crippen LogP contribution in [0.2, 0.25) is 0 Å². The van der Waals surface area contributed by atoms with Gasteiger partial charge in [0.1, 0.15) is 5.75 Å². The largest absolute Gasteiger partial charge is 0.497 e. The van der Waals surface area contributed by atoms with Gasteiger partial charge in [-0.2, -0.15) is 0 Å². The summed E-state index contributed by atoms with van der Waals surface area (Å²) in [5.74, 6) is 0.521. The Morgan fingerprint density at radius 1 is 1.13 bits per heavy atom. The molecule has 0 heterocycles. The summed E-state index contributed by atoms with van der Waals surface area (Å²) in [6.45, 7) is 4.40. The Labute approximate surface area is 144 Å². The van der Waals surface area contributed by atoms with Crippen LogP contribution < -0.4 is 15.8 Å². The third-order valence-corrected chi connectivity index (χ3v) is 4.14. The molecule has 1 aromatic rings. The monoisotopic (exact) mass is 342 g/mol. The number of hydrogen-bond donors (Lipinski definition) is 2. The van der Waals surface area contributed by atoms with Crippen LogP contribution in [0.1, 0.15) is 49.9 Å². The summed E-state index contributed by atoms with van der Waals surface area (Å²) in [6, 6.07) is 6.89. The molecule has 0 aliphatic heterocycles. The van der Waals surface area contributed by atoms with Crippen LogP contribution >= 0.6 is 12.4 Å². The first-order valence-corrected chi connectivity index (χ1v) is 7.68. The molecule has 0 saturated heterocycles. The molecule has 0 atom stereocenters. The third-order valence-electron chi connectivity index (χ3n) is 4.14. The number of Topliss-reactive ketones (excluding diaryl/α,β-unsaturated/α-hetero) is 1. The maximum absolute atomic E-state index is 12.1. The molecule has 6 heteroatoms. The third kappa shape index (κ3) is 6.20. The molecule has 0 aromatic heterocycles. The van der Waals surface area contributed by atoms with Gasteiger partial charge in [-0.3, -0.25) is 9.59 Å². The van der Waals surface area contributed by atoms with E-state index in [-0.39, 0.29) is 42.5 Å². The molecule has 0 unspecified atom stereocenters. The summed E-state index contributed by atoms with van der Waals surface area (Å²) in [4.78, 5) is 24.1. The fourth-order valence-corrected chi connectivity index (χ4v) is 2.27. The van der Waals surface area contributed by atoms with Crippen LogP contribution in [-0.4, -0.2) is 30.9 Å². The Morgan fingerprint density at radius 3 is 2.13 bits per heavy atom. The van der Waals surface area contributed by atoms with Crippen LogP contribution in [0.15, 0.2) is 24.3 Å². The molecular weight excluding hydrogens is 316 g/mol. The van der Waals surface area contributed by atoms with Gasteiger partial charge in [0, 0.05) is 24.9 Å². The first-order chi connectivity index (χ1) is 10.5. The van der Waals surface area contributed by atoms with Crippen molar-refractivity contribution in [2.75, 3.05) is 13.7 Å². The predicted molar refractivity (Wildman–Crippen MR) is 94.3 cm³/mol. The summed E-state index contributed by atoms with van der Waals surface area (Å²) in [7, 11) is 1.58. The van der Waals surface area contributed by atoms with Gasteiger partial charge < -0.3 is 15.8 Å². The minimum Gasteiger partial charge on any atom is -0.497 e. The zero-order chi connectivity index (χ0) is 16.6. The molecule has 1 rings (SSSR count). The lowest BCUT2D eigenvalue weighted by Crippen LogP contribution is -2.52. The molecule has 0 aliphatic carbocycles. The first kappa shape index (κ1) is 21.4. The van der Waals surface area contributed by atoms with Gasteiger partial charge in [0.2, 0.25) is 5.91 Å². The Bertz CT molecular complexity index is 491. The van der Waals surface area contributed by atoms with Crippen LogP contribution in [0.4, 0.5) is 0 Å². The van der Waals surface area contributed by atoms with Crippen LogP contribution in [0.3, 0.4) is 0 Å². The molecule has 1 amide bonds. The molecule has 23 heavy (non-hydrogen) atoms. The lowest BCUT2D eigenvalue weighted by atomic mass is 9.92. The highest BCUT2D eigenvalue weighted by Crippen LogP contribution is 2.15. The minimum atomic E-state index is -0.361. The van der Waals surface area contributed by atoms with Gasteiger partial charge >= 0.3 is 0 Å². The zero-order valence-corrected chi connectivity index (χ0v) is 14.9. The second kappa shape index (κ2) is 10.2. The average molecular weight is 343 g/mol. The number of carbonyl (C=O) groups excluding carboxylic acids is 2. The van der Waals surface area contributed by atoms with Gasteiger partial charge in [0.15, 0.2) is 5.78 Å². The maximum Gasteiger partial charge on any atom is 0.220 e. The second-order valence-corrected chi connectivity index (χ2v) is 5.39. The van der Waals surface area contributed by atoms with Crippen molar-refractivity contribution in [1.29, 1.82) is 0 Å². The summed E-state index contributed by atoms with van der Waals surface area (Å²) < 4.78 is 5.05. The van der Waals surface area contributed by atoms with E-state index in [0.29, 0.717) is 17.9 Å². The number of nitrogens with one attached hydrogen (secondary N) is 1. The van der Waals surface area contributed by atoms with E-state index in [4.69, 9.17) is 10.5 Å². The van der Waals surface area contributed by atoms with Crippen molar-refractivity contribution < 1.29 is 14.3 Å². The molecule has 5 nitrogen and oxygen atoms in total. The number of rotatable bonds is 9. The Balaban J connectivity index is 0.00000484. The van der Waals surface area contributed by atoms with Gasteiger partial charge in [-0.25, -0.2) is 0 Å². The van der Waals surface area contributed by atoms with Crippen molar-refractivity contribution in [3.8, 4) is 5.75 Å². The highest BCUT2D eigenvalue weighted by molar-refractivity contribution is 5.98. The van der Waals surface area contributed by atoms with E-state index < -0.39 is 0 Å². The first-order valence-electron chi connectivity index (χ1n) is 7.68. The molecule has 0 saturated carbocycles. The number of ether oxygens (including phenoxy) is 1. The maximum atomic E-state index is 12.1. The van der Waals surface area contributed by atoms with E-state index in [2.05, 4.69) is 5.32 Å². The molecule has 0 spiro atoms. The zero-order valence-electron chi connectivity index (χ0n) is 14.1. The molecule has 0 bridgehead atoms. The van der Waals surface area contributed by atoms with Crippen molar-refractivity contribution in [2.24, 2.45) is 5.73 Å². The topological polar surface area (TPSA) is 81.4 Å². The lowest BCUT2D eigenvalue weighted by Gasteiger charge is -2.31. The van der Waals surface area contributed by atoms with Gasteiger partial charge in [-0.1, -0.05) is 13.8 Å². The van der Waals surface area contributed by atoms with Crippen molar-refractivity contribution in [1.82, 2.24) is 5.32 Å². The normalized spacial score (nSPS) is 10.6. The quantitative estimate of drug-likeness (QED) is 0.676. The predicted octanol–water partition coefficient (Wildman–Crippen LogP) is 2.71. The molecule has 0 fully saturated rings. The molecule has 130 valence electrons. The molecule has 1 aromatic carbocycles. The highest BCUT2D eigenvalue weighted by Gasteiger charge is 2.26. The van der Waals surface area contributed by atoms with Gasteiger partial charge in [-0.15, -0.1) is 12.4 Å². The standard InChI is InChI=1S/C17H26N2O3.ClH/c1-4-17(5-2,12-18)19-16(21)11-10-15(20)13-6-8-14(22-3)9-7-13;/h6-9H,4-5,10-12,18H2,1-3H3,(H,19,21);1H. The van der Waals surface area contributed by atoms with Crippen molar-refractivity contribution in [3.05, 3.63) is 29.8 Å². The number of halogens is 1. The second-order valence-electron chi connectivity index (χ2n) is 5.39.